The van der Waals surface area contributed by atoms with Crippen LogP contribution >= 0.6 is 0 Å². The van der Waals surface area contributed by atoms with E-state index in [1.54, 1.807) is 13.8 Å². The minimum Gasteiger partial charge on any atom is -0.461 e. The van der Waals surface area contributed by atoms with Crippen LogP contribution in [0.25, 0.3) is 0 Å². The topological polar surface area (TPSA) is 55.4 Å². The Hall–Kier alpha value is -1.06. The summed E-state index contributed by atoms with van der Waals surface area (Å²) in [7, 11) is 0. The lowest BCUT2D eigenvalue weighted by Crippen LogP contribution is -2.45. The third-order valence-electron chi connectivity index (χ3n) is 2.18. The molecule has 88 valence electrons. The molecular weight excluding hydrogens is 194 g/mol. The summed E-state index contributed by atoms with van der Waals surface area (Å²) in [6, 6.07) is -0.532. The molecule has 0 saturated carbocycles. The van der Waals surface area contributed by atoms with Gasteiger partial charge in [0.25, 0.3) is 0 Å². The lowest BCUT2D eigenvalue weighted by atomic mass is 9.99. The number of hydrogen-bond donors (Lipinski definition) is 1. The van der Waals surface area contributed by atoms with Crippen molar-refractivity contribution in [1.82, 2.24) is 5.32 Å². The first-order valence-corrected chi connectivity index (χ1v) is 5.36. The van der Waals surface area contributed by atoms with E-state index < -0.39 is 6.04 Å². The van der Waals surface area contributed by atoms with E-state index >= 15 is 0 Å². The fourth-order valence-electron chi connectivity index (χ4n) is 1.19. The van der Waals surface area contributed by atoms with Crippen LogP contribution in [0.15, 0.2) is 0 Å². The summed E-state index contributed by atoms with van der Waals surface area (Å²) in [5, 5.41) is 2.62. The number of ether oxygens (including phenoxy) is 1. The maximum atomic E-state index is 11.7. The van der Waals surface area contributed by atoms with Gasteiger partial charge in [0.15, 0.2) is 0 Å². The van der Waals surface area contributed by atoms with Crippen molar-refractivity contribution < 1.29 is 14.3 Å². The molecule has 1 amide bonds. The van der Waals surface area contributed by atoms with E-state index in [1.807, 2.05) is 13.8 Å². The molecule has 0 aliphatic carbocycles. The quantitative estimate of drug-likeness (QED) is 0.707. The summed E-state index contributed by atoms with van der Waals surface area (Å²) in [6.07, 6.45) is 0.663. The molecule has 0 aromatic heterocycles. The van der Waals surface area contributed by atoms with Gasteiger partial charge in [-0.25, -0.2) is 4.79 Å². The Balaban J connectivity index is 4.47. The van der Waals surface area contributed by atoms with Crippen molar-refractivity contribution in [3.8, 4) is 0 Å². The molecule has 2 atom stereocenters. The summed E-state index contributed by atoms with van der Waals surface area (Å²) in [6.45, 7) is 8.88. The highest BCUT2D eigenvalue weighted by Crippen LogP contribution is 2.10. The number of nitrogens with one attached hydrogen (secondary N) is 1. The zero-order valence-corrected chi connectivity index (χ0v) is 10.2. The fraction of sp³-hybridized carbons (Fsp3) is 0.818. The minimum atomic E-state index is -0.532. The minimum absolute atomic E-state index is 0.0835. The molecule has 0 aromatic rings. The normalized spacial score (nSPS) is 14.5. The van der Waals surface area contributed by atoms with Crippen LogP contribution < -0.4 is 5.32 Å². The van der Waals surface area contributed by atoms with Gasteiger partial charge in [-0.1, -0.05) is 20.3 Å². The molecule has 0 rings (SSSR count). The van der Waals surface area contributed by atoms with Crippen LogP contribution in [-0.2, 0) is 14.3 Å². The van der Waals surface area contributed by atoms with Crippen molar-refractivity contribution >= 4 is 11.9 Å². The molecule has 1 N–H and O–H groups in total. The van der Waals surface area contributed by atoms with Crippen LogP contribution in [0.4, 0.5) is 0 Å². The van der Waals surface area contributed by atoms with Gasteiger partial charge in [-0.3, -0.25) is 4.79 Å². The fourth-order valence-corrected chi connectivity index (χ4v) is 1.19. The smallest absolute Gasteiger partial charge is 0.329 e. The molecular formula is C11H21NO3. The summed E-state index contributed by atoms with van der Waals surface area (Å²) in [5.74, 6) is -0.476. The van der Waals surface area contributed by atoms with E-state index in [0.717, 1.165) is 6.42 Å². The molecule has 0 heterocycles. The third kappa shape index (κ3) is 5.40. The Morgan fingerprint density at radius 3 is 2.13 bits per heavy atom. The third-order valence-corrected chi connectivity index (χ3v) is 2.18. The largest absolute Gasteiger partial charge is 0.461 e. The van der Waals surface area contributed by atoms with E-state index in [0.29, 0.717) is 0 Å². The molecule has 0 bridgehead atoms. The van der Waals surface area contributed by atoms with Gasteiger partial charge in [-0.15, -0.1) is 0 Å². The highest BCUT2D eigenvalue weighted by atomic mass is 16.5. The van der Waals surface area contributed by atoms with Crippen molar-refractivity contribution in [1.29, 1.82) is 0 Å². The highest BCUT2D eigenvalue weighted by Gasteiger charge is 2.26. The average molecular weight is 215 g/mol. The van der Waals surface area contributed by atoms with Gasteiger partial charge in [0, 0.05) is 6.92 Å². The second kappa shape index (κ2) is 6.43. The van der Waals surface area contributed by atoms with E-state index in [4.69, 9.17) is 4.74 Å². The monoisotopic (exact) mass is 215 g/mol. The predicted molar refractivity (Wildman–Crippen MR) is 58.3 cm³/mol. The Morgan fingerprint density at radius 1 is 1.27 bits per heavy atom. The van der Waals surface area contributed by atoms with Gasteiger partial charge in [0.05, 0.1) is 6.10 Å². The molecule has 0 spiro atoms. The SMILES string of the molecule is CC[C@H](C)[C@H](NC(C)=O)C(=O)OC(C)C. The van der Waals surface area contributed by atoms with Crippen LogP contribution in [0.3, 0.4) is 0 Å². The van der Waals surface area contributed by atoms with E-state index in [-0.39, 0.29) is 23.9 Å². The van der Waals surface area contributed by atoms with Crippen molar-refractivity contribution in [3.05, 3.63) is 0 Å². The second-order valence-corrected chi connectivity index (χ2v) is 4.05. The Bertz CT molecular complexity index is 226. The van der Waals surface area contributed by atoms with Gasteiger partial charge in [0.2, 0.25) is 5.91 Å². The highest BCUT2D eigenvalue weighted by molar-refractivity contribution is 5.83. The van der Waals surface area contributed by atoms with Crippen molar-refractivity contribution in [3.63, 3.8) is 0 Å². The first-order chi connectivity index (χ1) is 6.88. The molecule has 0 unspecified atom stereocenters. The van der Waals surface area contributed by atoms with Gasteiger partial charge >= 0.3 is 5.97 Å². The van der Waals surface area contributed by atoms with Crippen molar-refractivity contribution in [2.24, 2.45) is 5.92 Å². The second-order valence-electron chi connectivity index (χ2n) is 4.05. The Morgan fingerprint density at radius 2 is 1.80 bits per heavy atom. The van der Waals surface area contributed by atoms with Crippen LogP contribution in [-0.4, -0.2) is 24.0 Å². The molecule has 0 saturated heterocycles. The average Bonchev–Trinajstić information content (AvgIpc) is 2.11. The number of carbonyl (C=O) groups is 2. The van der Waals surface area contributed by atoms with Crippen molar-refractivity contribution in [2.75, 3.05) is 0 Å². The number of esters is 1. The number of amides is 1. The summed E-state index contributed by atoms with van der Waals surface area (Å²) >= 11 is 0. The molecule has 0 aliphatic rings. The number of hydrogen-bond acceptors (Lipinski definition) is 3. The van der Waals surface area contributed by atoms with Crippen molar-refractivity contribution in [2.45, 2.75) is 53.2 Å². The maximum absolute atomic E-state index is 11.7. The van der Waals surface area contributed by atoms with Crippen LogP contribution in [0.1, 0.15) is 41.0 Å². The summed E-state index contributed by atoms with van der Waals surface area (Å²) in [4.78, 5) is 22.6. The Labute approximate surface area is 91.4 Å². The zero-order chi connectivity index (χ0) is 12.0. The molecule has 4 heteroatoms. The molecule has 0 aliphatic heterocycles. The van der Waals surface area contributed by atoms with E-state index in [2.05, 4.69) is 5.32 Å². The first kappa shape index (κ1) is 13.9. The summed E-state index contributed by atoms with van der Waals surface area (Å²) < 4.78 is 5.08. The standard InChI is InChI=1S/C11H21NO3/c1-6-8(4)10(12-9(5)13)11(14)15-7(2)3/h7-8,10H,6H2,1-5H3,(H,12,13)/t8-,10-/m0/s1. The van der Waals surface area contributed by atoms with Crippen LogP contribution in [0.2, 0.25) is 0 Å². The molecule has 15 heavy (non-hydrogen) atoms. The molecule has 0 radical (unpaired) electrons. The van der Waals surface area contributed by atoms with Gasteiger partial charge in [-0.2, -0.15) is 0 Å². The van der Waals surface area contributed by atoms with Crippen LogP contribution in [0, 0.1) is 5.92 Å². The number of rotatable bonds is 5. The van der Waals surface area contributed by atoms with Gasteiger partial charge in [-0.05, 0) is 19.8 Å². The van der Waals surface area contributed by atoms with E-state index in [9.17, 15) is 9.59 Å². The summed E-state index contributed by atoms with van der Waals surface area (Å²) in [5.41, 5.74) is 0. The molecule has 0 fully saturated rings. The zero-order valence-electron chi connectivity index (χ0n) is 10.2. The predicted octanol–water partition coefficient (Wildman–Crippen LogP) is 1.49. The molecule has 4 nitrogen and oxygen atoms in total. The van der Waals surface area contributed by atoms with Crippen LogP contribution in [0.5, 0.6) is 0 Å². The first-order valence-electron chi connectivity index (χ1n) is 5.36. The Kier molecular flexibility index (Phi) is 5.97. The van der Waals surface area contributed by atoms with Gasteiger partial charge < -0.3 is 10.1 Å². The van der Waals surface area contributed by atoms with Gasteiger partial charge in [0.1, 0.15) is 6.04 Å². The molecule has 0 aromatic carbocycles. The lowest BCUT2D eigenvalue weighted by Gasteiger charge is -2.23. The van der Waals surface area contributed by atoms with E-state index in [1.165, 1.54) is 6.92 Å². The lowest BCUT2D eigenvalue weighted by molar-refractivity contribution is -0.152. The maximum Gasteiger partial charge on any atom is 0.329 e. The number of carbonyl (C=O) groups excluding carboxylic acids is 2.